The average Bonchev–Trinajstić information content (AvgIpc) is 2.72. The first-order valence-corrected chi connectivity index (χ1v) is 10.2. The number of ether oxygens (including phenoxy) is 3. The minimum Gasteiger partial charge on any atom is -0.488 e. The maximum atomic E-state index is 6.24. The molecule has 0 radical (unpaired) electrons. The van der Waals surface area contributed by atoms with Crippen LogP contribution in [0.4, 0.5) is 5.69 Å². The van der Waals surface area contributed by atoms with Gasteiger partial charge < -0.3 is 19.5 Å². The highest BCUT2D eigenvalue weighted by Crippen LogP contribution is 2.33. The van der Waals surface area contributed by atoms with Gasteiger partial charge in [0, 0.05) is 44.5 Å². The molecule has 1 heterocycles. The molecule has 0 saturated carbocycles. The van der Waals surface area contributed by atoms with Crippen LogP contribution >= 0.6 is 34.8 Å². The van der Waals surface area contributed by atoms with Gasteiger partial charge in [0.25, 0.3) is 0 Å². The molecule has 0 fully saturated rings. The minimum absolute atomic E-state index is 0.328. The molecule has 0 amide bonds. The van der Waals surface area contributed by atoms with Crippen LogP contribution in [0.1, 0.15) is 11.1 Å². The van der Waals surface area contributed by atoms with Crippen molar-refractivity contribution < 1.29 is 14.2 Å². The fourth-order valence-electron chi connectivity index (χ4n) is 2.97. The molecule has 1 N–H and O–H groups in total. The number of fused-ring (bicyclic) bond motifs is 1. The van der Waals surface area contributed by atoms with E-state index in [-0.39, 0.29) is 0 Å². The van der Waals surface area contributed by atoms with E-state index in [4.69, 9.17) is 49.0 Å². The predicted octanol–water partition coefficient (Wildman–Crippen LogP) is 6.61. The SMILES string of the molecule is Clc1ccc(COc2ccc(Cl)cc2CNc2ccc3c(c2)OCCO3)c(Cl)c1. The van der Waals surface area contributed by atoms with Gasteiger partial charge in [-0.1, -0.05) is 40.9 Å². The summed E-state index contributed by atoms with van der Waals surface area (Å²) in [7, 11) is 0. The summed E-state index contributed by atoms with van der Waals surface area (Å²) in [6.45, 7) is 1.98. The van der Waals surface area contributed by atoms with Crippen molar-refractivity contribution in [2.75, 3.05) is 18.5 Å². The molecule has 0 atom stereocenters. The first-order chi connectivity index (χ1) is 14.1. The van der Waals surface area contributed by atoms with Gasteiger partial charge in [-0.15, -0.1) is 0 Å². The molecule has 4 rings (SSSR count). The second-order valence-corrected chi connectivity index (χ2v) is 7.77. The Bertz CT molecular complexity index is 1030. The third-order valence-electron chi connectivity index (χ3n) is 4.45. The van der Waals surface area contributed by atoms with Crippen LogP contribution in [-0.2, 0) is 13.2 Å². The second kappa shape index (κ2) is 9.04. The zero-order chi connectivity index (χ0) is 20.2. The Morgan fingerprint density at radius 1 is 0.793 bits per heavy atom. The Morgan fingerprint density at radius 3 is 2.38 bits per heavy atom. The first kappa shape index (κ1) is 20.0. The molecule has 0 saturated heterocycles. The summed E-state index contributed by atoms with van der Waals surface area (Å²) in [5.41, 5.74) is 2.70. The Kier molecular flexibility index (Phi) is 6.24. The number of anilines is 1. The molecule has 0 spiro atoms. The van der Waals surface area contributed by atoms with Gasteiger partial charge in [-0.3, -0.25) is 0 Å². The minimum atomic E-state index is 0.328. The molecule has 3 aromatic carbocycles. The maximum Gasteiger partial charge on any atom is 0.163 e. The highest BCUT2D eigenvalue weighted by molar-refractivity contribution is 6.35. The molecular formula is C22H18Cl3NO3. The standard InChI is InChI=1S/C22H18Cl3NO3/c23-16-3-5-20(29-13-14-1-2-17(24)10-19(14)25)15(9-16)12-26-18-4-6-21-22(11-18)28-8-7-27-21/h1-6,9-11,26H,7-8,12-13H2. The van der Waals surface area contributed by atoms with E-state index in [1.165, 1.54) is 0 Å². The van der Waals surface area contributed by atoms with Crippen LogP contribution in [0.15, 0.2) is 54.6 Å². The van der Waals surface area contributed by atoms with Gasteiger partial charge in [0.15, 0.2) is 11.5 Å². The lowest BCUT2D eigenvalue weighted by molar-refractivity contribution is 0.171. The summed E-state index contributed by atoms with van der Waals surface area (Å²) in [6, 6.07) is 16.7. The molecule has 0 bridgehead atoms. The summed E-state index contributed by atoms with van der Waals surface area (Å²) in [5, 5.41) is 5.18. The normalized spacial score (nSPS) is 12.5. The maximum absolute atomic E-state index is 6.24. The van der Waals surface area contributed by atoms with E-state index in [9.17, 15) is 0 Å². The first-order valence-electron chi connectivity index (χ1n) is 9.07. The molecule has 4 nitrogen and oxygen atoms in total. The summed E-state index contributed by atoms with van der Waals surface area (Å²) in [4.78, 5) is 0. The van der Waals surface area contributed by atoms with Crippen molar-refractivity contribution in [3.63, 3.8) is 0 Å². The van der Waals surface area contributed by atoms with Crippen molar-refractivity contribution in [1.29, 1.82) is 0 Å². The van der Waals surface area contributed by atoms with Gasteiger partial charge in [-0.2, -0.15) is 0 Å². The van der Waals surface area contributed by atoms with Crippen molar-refractivity contribution in [3.05, 3.63) is 80.8 Å². The summed E-state index contributed by atoms with van der Waals surface area (Å²) in [5.74, 6) is 2.22. The number of hydrogen-bond acceptors (Lipinski definition) is 4. The lowest BCUT2D eigenvalue weighted by atomic mass is 10.2. The zero-order valence-electron chi connectivity index (χ0n) is 15.4. The van der Waals surface area contributed by atoms with Crippen LogP contribution in [0.2, 0.25) is 15.1 Å². The molecular weight excluding hydrogens is 433 g/mol. The van der Waals surface area contributed by atoms with Crippen molar-refractivity contribution >= 4 is 40.5 Å². The molecule has 1 aliphatic rings. The van der Waals surface area contributed by atoms with Crippen LogP contribution in [0.3, 0.4) is 0 Å². The van der Waals surface area contributed by atoms with E-state index in [0.717, 1.165) is 34.1 Å². The van der Waals surface area contributed by atoms with Crippen molar-refractivity contribution in [1.82, 2.24) is 0 Å². The van der Waals surface area contributed by atoms with E-state index in [2.05, 4.69) is 5.32 Å². The van der Waals surface area contributed by atoms with Gasteiger partial charge in [0.05, 0.1) is 0 Å². The van der Waals surface area contributed by atoms with Gasteiger partial charge in [0.2, 0.25) is 0 Å². The number of hydrogen-bond donors (Lipinski definition) is 1. The quantitative estimate of drug-likeness (QED) is 0.459. The Labute approximate surface area is 184 Å². The van der Waals surface area contributed by atoms with E-state index >= 15 is 0 Å². The van der Waals surface area contributed by atoms with E-state index < -0.39 is 0 Å². The Morgan fingerprint density at radius 2 is 1.55 bits per heavy atom. The molecule has 1 aliphatic heterocycles. The van der Waals surface area contributed by atoms with Crippen LogP contribution < -0.4 is 19.5 Å². The Hall–Kier alpha value is -2.27. The largest absolute Gasteiger partial charge is 0.488 e. The number of nitrogens with one attached hydrogen (secondary N) is 1. The molecule has 3 aromatic rings. The summed E-state index contributed by atoms with van der Waals surface area (Å²) in [6.07, 6.45) is 0. The van der Waals surface area contributed by atoms with Crippen molar-refractivity contribution in [2.24, 2.45) is 0 Å². The number of halogens is 3. The van der Waals surface area contributed by atoms with Crippen LogP contribution in [0.5, 0.6) is 17.2 Å². The molecule has 150 valence electrons. The van der Waals surface area contributed by atoms with Gasteiger partial charge >= 0.3 is 0 Å². The lowest BCUT2D eigenvalue weighted by Crippen LogP contribution is -2.15. The fraction of sp³-hybridized carbons (Fsp3) is 0.182. The fourth-order valence-corrected chi connectivity index (χ4v) is 3.63. The highest BCUT2D eigenvalue weighted by Gasteiger charge is 2.12. The number of benzene rings is 3. The third-order valence-corrected chi connectivity index (χ3v) is 5.27. The average molecular weight is 451 g/mol. The van der Waals surface area contributed by atoms with Gasteiger partial charge in [-0.05, 0) is 42.5 Å². The van der Waals surface area contributed by atoms with E-state index in [0.29, 0.717) is 41.4 Å². The van der Waals surface area contributed by atoms with Crippen LogP contribution in [0, 0.1) is 0 Å². The molecule has 0 aliphatic carbocycles. The number of rotatable bonds is 6. The second-order valence-electron chi connectivity index (χ2n) is 6.49. The predicted molar refractivity (Wildman–Crippen MR) is 117 cm³/mol. The third kappa shape index (κ3) is 5.02. The molecule has 0 unspecified atom stereocenters. The van der Waals surface area contributed by atoms with Crippen LogP contribution in [0.25, 0.3) is 0 Å². The molecule has 0 aromatic heterocycles. The monoisotopic (exact) mass is 449 g/mol. The summed E-state index contributed by atoms with van der Waals surface area (Å²) >= 11 is 18.4. The van der Waals surface area contributed by atoms with Crippen molar-refractivity contribution in [2.45, 2.75) is 13.2 Å². The lowest BCUT2D eigenvalue weighted by Gasteiger charge is -2.19. The van der Waals surface area contributed by atoms with E-state index in [1.807, 2.05) is 36.4 Å². The van der Waals surface area contributed by atoms with E-state index in [1.54, 1.807) is 18.2 Å². The smallest absolute Gasteiger partial charge is 0.163 e. The van der Waals surface area contributed by atoms with Gasteiger partial charge in [0.1, 0.15) is 25.6 Å². The molecule has 7 heteroatoms. The topological polar surface area (TPSA) is 39.7 Å². The summed E-state index contributed by atoms with van der Waals surface area (Å²) < 4.78 is 17.2. The van der Waals surface area contributed by atoms with Crippen LogP contribution in [-0.4, -0.2) is 13.2 Å². The zero-order valence-corrected chi connectivity index (χ0v) is 17.7. The highest BCUT2D eigenvalue weighted by atomic mass is 35.5. The Balaban J connectivity index is 1.46. The van der Waals surface area contributed by atoms with Crippen molar-refractivity contribution in [3.8, 4) is 17.2 Å². The van der Waals surface area contributed by atoms with Gasteiger partial charge in [-0.25, -0.2) is 0 Å². The molecule has 29 heavy (non-hydrogen) atoms.